The molecular formula is C13H20N2S. The second-order valence-electron chi connectivity index (χ2n) is 4.99. The predicted molar refractivity (Wildman–Crippen MR) is 70.8 cm³/mol. The molecule has 0 aromatic carbocycles. The SMILES string of the molecule is C1CCN(C2=NC3=C(CCCC3)CS2)CC1. The van der Waals surface area contributed by atoms with E-state index >= 15 is 0 Å². The van der Waals surface area contributed by atoms with Gasteiger partial charge in [-0.1, -0.05) is 11.8 Å². The Bertz CT molecular complexity index is 327. The minimum atomic E-state index is 1.21. The van der Waals surface area contributed by atoms with Crippen LogP contribution in [-0.2, 0) is 0 Å². The number of aliphatic imine (C=N–C) groups is 1. The molecule has 1 fully saturated rings. The summed E-state index contributed by atoms with van der Waals surface area (Å²) in [5.74, 6) is 1.21. The number of thioether (sulfide) groups is 1. The predicted octanol–water partition coefficient (Wildman–Crippen LogP) is 3.40. The Hall–Kier alpha value is -0.440. The maximum atomic E-state index is 4.91. The zero-order chi connectivity index (χ0) is 10.8. The van der Waals surface area contributed by atoms with Gasteiger partial charge in [-0.25, -0.2) is 4.99 Å². The van der Waals surface area contributed by atoms with Crippen LogP contribution >= 0.6 is 11.8 Å². The van der Waals surface area contributed by atoms with Gasteiger partial charge >= 0.3 is 0 Å². The fourth-order valence-corrected chi connectivity index (χ4v) is 3.94. The maximum absolute atomic E-state index is 4.91. The minimum Gasteiger partial charge on any atom is -0.351 e. The first kappa shape index (κ1) is 10.7. The van der Waals surface area contributed by atoms with Crippen LogP contribution < -0.4 is 0 Å². The lowest BCUT2D eigenvalue weighted by Crippen LogP contribution is -2.35. The lowest BCUT2D eigenvalue weighted by Gasteiger charge is -2.32. The van der Waals surface area contributed by atoms with Crippen molar-refractivity contribution in [2.75, 3.05) is 18.8 Å². The Balaban J connectivity index is 1.76. The fourth-order valence-electron chi connectivity index (χ4n) is 2.79. The third kappa shape index (κ3) is 2.15. The molecule has 0 saturated carbocycles. The van der Waals surface area contributed by atoms with Crippen molar-refractivity contribution in [2.45, 2.75) is 44.9 Å². The van der Waals surface area contributed by atoms with Gasteiger partial charge in [-0.2, -0.15) is 0 Å². The van der Waals surface area contributed by atoms with Gasteiger partial charge in [-0.15, -0.1) is 0 Å². The zero-order valence-electron chi connectivity index (χ0n) is 9.87. The van der Waals surface area contributed by atoms with Gasteiger partial charge in [0.25, 0.3) is 0 Å². The van der Waals surface area contributed by atoms with Gasteiger partial charge < -0.3 is 4.90 Å². The Morgan fingerprint density at radius 3 is 2.62 bits per heavy atom. The molecular weight excluding hydrogens is 216 g/mol. The topological polar surface area (TPSA) is 15.6 Å². The Morgan fingerprint density at radius 2 is 1.75 bits per heavy atom. The molecule has 0 spiro atoms. The summed E-state index contributed by atoms with van der Waals surface area (Å²) < 4.78 is 0. The number of allylic oxidation sites excluding steroid dienone is 1. The van der Waals surface area contributed by atoms with Gasteiger partial charge in [0.1, 0.15) is 0 Å². The largest absolute Gasteiger partial charge is 0.351 e. The Kier molecular flexibility index (Phi) is 3.22. The highest BCUT2D eigenvalue weighted by Crippen LogP contribution is 2.34. The Labute approximate surface area is 102 Å². The number of likely N-dealkylation sites (tertiary alicyclic amines) is 1. The fraction of sp³-hybridized carbons (Fsp3) is 0.769. The van der Waals surface area contributed by atoms with Crippen LogP contribution in [0.25, 0.3) is 0 Å². The zero-order valence-corrected chi connectivity index (χ0v) is 10.7. The first-order valence-corrected chi connectivity index (χ1v) is 7.59. The van der Waals surface area contributed by atoms with Crippen LogP contribution in [0.15, 0.2) is 16.3 Å². The minimum absolute atomic E-state index is 1.21. The summed E-state index contributed by atoms with van der Waals surface area (Å²) in [5, 5.41) is 1.32. The maximum Gasteiger partial charge on any atom is 0.164 e. The van der Waals surface area contributed by atoms with Gasteiger partial charge in [0.05, 0.1) is 0 Å². The summed E-state index contributed by atoms with van der Waals surface area (Å²) in [6.07, 6.45) is 9.37. The van der Waals surface area contributed by atoms with Crippen molar-refractivity contribution in [1.29, 1.82) is 0 Å². The lowest BCUT2D eigenvalue weighted by atomic mass is 9.98. The standard InChI is InChI=1S/C13H20N2S/c1-4-8-15(9-5-1)13-14-12-7-3-2-6-11(12)10-16-13/h1-10H2. The van der Waals surface area contributed by atoms with Crippen LogP contribution in [0.5, 0.6) is 0 Å². The average molecular weight is 236 g/mol. The molecule has 0 aromatic rings. The molecule has 0 unspecified atom stereocenters. The molecule has 2 heterocycles. The van der Waals surface area contributed by atoms with E-state index in [4.69, 9.17) is 4.99 Å². The van der Waals surface area contributed by atoms with E-state index in [2.05, 4.69) is 4.90 Å². The van der Waals surface area contributed by atoms with Crippen molar-refractivity contribution in [2.24, 2.45) is 4.99 Å². The molecule has 16 heavy (non-hydrogen) atoms. The molecule has 0 aromatic heterocycles. The highest BCUT2D eigenvalue weighted by molar-refractivity contribution is 8.14. The van der Waals surface area contributed by atoms with Crippen LogP contribution in [0.1, 0.15) is 44.9 Å². The summed E-state index contributed by atoms with van der Waals surface area (Å²) in [6.45, 7) is 2.46. The average Bonchev–Trinajstić information content (AvgIpc) is 2.39. The summed E-state index contributed by atoms with van der Waals surface area (Å²) in [5.41, 5.74) is 3.07. The summed E-state index contributed by atoms with van der Waals surface area (Å²) >= 11 is 1.97. The van der Waals surface area contributed by atoms with Crippen LogP contribution in [0, 0.1) is 0 Å². The molecule has 2 nitrogen and oxygen atoms in total. The van der Waals surface area contributed by atoms with Crippen molar-refractivity contribution >= 4 is 16.9 Å². The molecule has 1 aliphatic carbocycles. The number of amidine groups is 1. The monoisotopic (exact) mass is 236 g/mol. The number of rotatable bonds is 0. The van der Waals surface area contributed by atoms with Gasteiger partial charge in [-0.05, 0) is 50.5 Å². The Morgan fingerprint density at radius 1 is 0.938 bits per heavy atom. The van der Waals surface area contributed by atoms with E-state index in [1.807, 2.05) is 11.8 Å². The molecule has 0 atom stereocenters. The number of nitrogens with zero attached hydrogens (tertiary/aromatic N) is 2. The lowest BCUT2D eigenvalue weighted by molar-refractivity contribution is 0.347. The summed E-state index contributed by atoms with van der Waals surface area (Å²) in [4.78, 5) is 7.42. The molecule has 1 saturated heterocycles. The molecule has 0 amide bonds. The van der Waals surface area contributed by atoms with E-state index in [9.17, 15) is 0 Å². The highest BCUT2D eigenvalue weighted by atomic mass is 32.2. The third-order valence-corrected chi connectivity index (χ3v) is 4.88. The van der Waals surface area contributed by atoms with Gasteiger partial charge in [-0.3, -0.25) is 0 Å². The van der Waals surface area contributed by atoms with E-state index in [0.29, 0.717) is 0 Å². The molecule has 3 heteroatoms. The molecule has 3 aliphatic rings. The van der Waals surface area contributed by atoms with Crippen molar-refractivity contribution in [1.82, 2.24) is 4.90 Å². The number of piperidine rings is 1. The van der Waals surface area contributed by atoms with Crippen LogP contribution in [0.4, 0.5) is 0 Å². The quantitative estimate of drug-likeness (QED) is 0.640. The van der Waals surface area contributed by atoms with Gasteiger partial charge in [0.15, 0.2) is 5.17 Å². The van der Waals surface area contributed by atoms with Crippen molar-refractivity contribution < 1.29 is 0 Å². The van der Waals surface area contributed by atoms with E-state index in [1.54, 1.807) is 5.57 Å². The first-order chi connectivity index (χ1) is 7.93. The van der Waals surface area contributed by atoms with E-state index in [0.717, 1.165) is 0 Å². The molecule has 0 bridgehead atoms. The van der Waals surface area contributed by atoms with Crippen LogP contribution in [0.2, 0.25) is 0 Å². The molecule has 0 radical (unpaired) electrons. The second-order valence-corrected chi connectivity index (χ2v) is 5.93. The summed E-state index contributed by atoms with van der Waals surface area (Å²) in [6, 6.07) is 0. The van der Waals surface area contributed by atoms with Crippen molar-refractivity contribution in [3.63, 3.8) is 0 Å². The van der Waals surface area contributed by atoms with Crippen molar-refractivity contribution in [3.05, 3.63) is 11.3 Å². The van der Waals surface area contributed by atoms with E-state index in [-0.39, 0.29) is 0 Å². The van der Waals surface area contributed by atoms with Crippen molar-refractivity contribution in [3.8, 4) is 0 Å². The molecule has 2 aliphatic heterocycles. The number of hydrogen-bond donors (Lipinski definition) is 0. The third-order valence-electron chi connectivity index (χ3n) is 3.78. The summed E-state index contributed by atoms with van der Waals surface area (Å²) in [7, 11) is 0. The first-order valence-electron chi connectivity index (χ1n) is 6.61. The van der Waals surface area contributed by atoms with E-state index < -0.39 is 0 Å². The normalized spacial score (nSPS) is 26.5. The van der Waals surface area contributed by atoms with Crippen LogP contribution in [0.3, 0.4) is 0 Å². The smallest absolute Gasteiger partial charge is 0.164 e. The van der Waals surface area contributed by atoms with Gasteiger partial charge in [0, 0.05) is 24.5 Å². The molecule has 0 N–H and O–H groups in total. The molecule has 88 valence electrons. The van der Waals surface area contributed by atoms with Crippen LogP contribution in [-0.4, -0.2) is 28.9 Å². The number of hydrogen-bond acceptors (Lipinski definition) is 3. The van der Waals surface area contributed by atoms with Gasteiger partial charge in [0.2, 0.25) is 0 Å². The second kappa shape index (κ2) is 4.82. The molecule has 3 rings (SSSR count). The van der Waals surface area contributed by atoms with E-state index in [1.165, 1.54) is 74.7 Å². The highest BCUT2D eigenvalue weighted by Gasteiger charge is 2.22.